The molecule has 88 valence electrons. The lowest BCUT2D eigenvalue weighted by atomic mass is 10.3. The third kappa shape index (κ3) is 4.64. The van der Waals surface area contributed by atoms with Gasteiger partial charge in [0.2, 0.25) is 0 Å². The van der Waals surface area contributed by atoms with E-state index >= 15 is 0 Å². The van der Waals surface area contributed by atoms with Gasteiger partial charge in [0.05, 0.1) is 6.61 Å². The van der Waals surface area contributed by atoms with Crippen molar-refractivity contribution in [1.82, 2.24) is 10.2 Å². The molecule has 6 nitrogen and oxygen atoms in total. The van der Waals surface area contributed by atoms with Gasteiger partial charge in [-0.2, -0.15) is 0 Å². The van der Waals surface area contributed by atoms with E-state index in [1.165, 1.54) is 11.8 Å². The number of amides is 2. The van der Waals surface area contributed by atoms with E-state index in [-0.39, 0.29) is 19.2 Å². The van der Waals surface area contributed by atoms with Gasteiger partial charge in [-0.25, -0.2) is 4.79 Å². The van der Waals surface area contributed by atoms with Crippen LogP contribution in [0.4, 0.5) is 4.79 Å². The van der Waals surface area contributed by atoms with Gasteiger partial charge in [-0.3, -0.25) is 4.79 Å². The summed E-state index contributed by atoms with van der Waals surface area (Å²) >= 11 is 0. The molecule has 1 unspecified atom stereocenters. The summed E-state index contributed by atoms with van der Waals surface area (Å²) in [6, 6.07) is -1.50. The van der Waals surface area contributed by atoms with Crippen LogP contribution in [0.15, 0.2) is 0 Å². The molecule has 0 bridgehead atoms. The Labute approximate surface area is 88.9 Å². The number of aliphatic carboxylic acids is 1. The molecule has 2 amide bonds. The molecule has 3 N–H and O–H groups in total. The molecule has 0 saturated heterocycles. The predicted octanol–water partition coefficient (Wildman–Crippen LogP) is -0.128. The maximum Gasteiger partial charge on any atom is 0.325 e. The number of rotatable bonds is 5. The van der Waals surface area contributed by atoms with Crippen LogP contribution in [0, 0.1) is 0 Å². The van der Waals surface area contributed by atoms with E-state index in [0.717, 1.165) is 0 Å². The van der Waals surface area contributed by atoms with Crippen molar-refractivity contribution in [3.05, 3.63) is 0 Å². The number of hydrogen-bond donors (Lipinski definition) is 3. The number of carbonyl (C=O) groups is 2. The van der Waals surface area contributed by atoms with Gasteiger partial charge in [0.15, 0.2) is 0 Å². The summed E-state index contributed by atoms with van der Waals surface area (Å²) in [5.41, 5.74) is 0. The van der Waals surface area contributed by atoms with Crippen LogP contribution in [0.3, 0.4) is 0 Å². The average molecular weight is 218 g/mol. The van der Waals surface area contributed by atoms with E-state index in [9.17, 15) is 9.59 Å². The SMILES string of the molecule is CC(NC(=O)N(CCO)C(C)C)C(=O)O. The van der Waals surface area contributed by atoms with Crippen molar-refractivity contribution in [2.75, 3.05) is 13.2 Å². The van der Waals surface area contributed by atoms with E-state index in [2.05, 4.69) is 5.32 Å². The number of aliphatic hydroxyl groups excluding tert-OH is 1. The number of carboxylic acid groups (broad SMARTS) is 1. The highest BCUT2D eigenvalue weighted by atomic mass is 16.4. The van der Waals surface area contributed by atoms with Gasteiger partial charge in [-0.05, 0) is 20.8 Å². The molecule has 0 heterocycles. The summed E-state index contributed by atoms with van der Waals surface area (Å²) in [7, 11) is 0. The summed E-state index contributed by atoms with van der Waals surface area (Å²) in [5.74, 6) is -1.09. The normalized spacial score (nSPS) is 12.3. The molecule has 0 aromatic rings. The largest absolute Gasteiger partial charge is 0.480 e. The fraction of sp³-hybridized carbons (Fsp3) is 0.778. The third-order valence-corrected chi connectivity index (χ3v) is 1.94. The highest BCUT2D eigenvalue weighted by molar-refractivity contribution is 5.82. The molecule has 0 radical (unpaired) electrons. The molecule has 0 aliphatic carbocycles. The Morgan fingerprint density at radius 1 is 1.33 bits per heavy atom. The summed E-state index contributed by atoms with van der Waals surface area (Å²) in [6.07, 6.45) is 0. The van der Waals surface area contributed by atoms with E-state index < -0.39 is 18.0 Å². The first-order valence-corrected chi connectivity index (χ1v) is 4.81. The Kier molecular flexibility index (Phi) is 5.69. The Hall–Kier alpha value is -1.30. The predicted molar refractivity (Wildman–Crippen MR) is 54.6 cm³/mol. The molecule has 0 aromatic heterocycles. The Morgan fingerprint density at radius 3 is 2.20 bits per heavy atom. The van der Waals surface area contributed by atoms with Crippen molar-refractivity contribution in [2.24, 2.45) is 0 Å². The first kappa shape index (κ1) is 13.7. The molecule has 0 saturated carbocycles. The van der Waals surface area contributed by atoms with E-state index in [1.54, 1.807) is 13.8 Å². The summed E-state index contributed by atoms with van der Waals surface area (Å²) in [4.78, 5) is 23.4. The quantitative estimate of drug-likeness (QED) is 0.599. The number of urea groups is 1. The number of nitrogens with zero attached hydrogens (tertiary/aromatic N) is 1. The molecular formula is C9H18N2O4. The van der Waals surface area contributed by atoms with Crippen LogP contribution >= 0.6 is 0 Å². The topological polar surface area (TPSA) is 89.9 Å². The highest BCUT2D eigenvalue weighted by Gasteiger charge is 2.20. The van der Waals surface area contributed by atoms with Gasteiger partial charge in [0.25, 0.3) is 0 Å². The first-order chi connectivity index (χ1) is 6.90. The standard InChI is InChI=1S/C9H18N2O4/c1-6(2)11(4-5-12)9(15)10-7(3)8(13)14/h6-7,12H,4-5H2,1-3H3,(H,10,15)(H,13,14). The zero-order chi connectivity index (χ0) is 12.0. The molecular weight excluding hydrogens is 200 g/mol. The fourth-order valence-corrected chi connectivity index (χ4v) is 1.03. The van der Waals surface area contributed by atoms with E-state index in [0.29, 0.717) is 0 Å². The molecule has 15 heavy (non-hydrogen) atoms. The van der Waals surface area contributed by atoms with Crippen LogP contribution < -0.4 is 5.32 Å². The van der Waals surface area contributed by atoms with Crippen LogP contribution in [0.25, 0.3) is 0 Å². The van der Waals surface area contributed by atoms with Crippen molar-refractivity contribution in [2.45, 2.75) is 32.9 Å². The average Bonchev–Trinajstić information content (AvgIpc) is 2.12. The smallest absolute Gasteiger partial charge is 0.325 e. The van der Waals surface area contributed by atoms with Gasteiger partial charge in [-0.1, -0.05) is 0 Å². The Balaban J connectivity index is 4.32. The lowest BCUT2D eigenvalue weighted by molar-refractivity contribution is -0.138. The van der Waals surface area contributed by atoms with Crippen molar-refractivity contribution >= 4 is 12.0 Å². The van der Waals surface area contributed by atoms with Gasteiger partial charge >= 0.3 is 12.0 Å². The minimum atomic E-state index is -1.09. The monoisotopic (exact) mass is 218 g/mol. The molecule has 0 aliphatic rings. The molecule has 0 fully saturated rings. The maximum atomic E-state index is 11.5. The van der Waals surface area contributed by atoms with Gasteiger partial charge in [-0.15, -0.1) is 0 Å². The Morgan fingerprint density at radius 2 is 1.87 bits per heavy atom. The van der Waals surface area contributed by atoms with E-state index in [4.69, 9.17) is 10.2 Å². The maximum absolute atomic E-state index is 11.5. The van der Waals surface area contributed by atoms with Crippen LogP contribution in [0.5, 0.6) is 0 Å². The zero-order valence-electron chi connectivity index (χ0n) is 9.23. The molecule has 0 rings (SSSR count). The second-order valence-electron chi connectivity index (χ2n) is 3.52. The Bertz CT molecular complexity index is 230. The molecule has 0 spiro atoms. The van der Waals surface area contributed by atoms with Crippen molar-refractivity contribution < 1.29 is 19.8 Å². The lowest BCUT2D eigenvalue weighted by Crippen LogP contribution is -2.50. The summed E-state index contributed by atoms with van der Waals surface area (Å²) in [6.45, 7) is 5.02. The highest BCUT2D eigenvalue weighted by Crippen LogP contribution is 1.98. The number of nitrogens with one attached hydrogen (secondary N) is 1. The molecule has 1 atom stereocenters. The van der Waals surface area contributed by atoms with Crippen molar-refractivity contribution in [1.29, 1.82) is 0 Å². The lowest BCUT2D eigenvalue weighted by Gasteiger charge is -2.27. The van der Waals surface area contributed by atoms with Crippen LogP contribution in [0.1, 0.15) is 20.8 Å². The number of aliphatic hydroxyl groups is 1. The van der Waals surface area contributed by atoms with Gasteiger partial charge < -0.3 is 20.4 Å². The van der Waals surface area contributed by atoms with Crippen molar-refractivity contribution in [3.63, 3.8) is 0 Å². The second kappa shape index (κ2) is 6.23. The van der Waals surface area contributed by atoms with Crippen molar-refractivity contribution in [3.8, 4) is 0 Å². The zero-order valence-corrected chi connectivity index (χ0v) is 9.23. The van der Waals surface area contributed by atoms with Gasteiger partial charge in [0, 0.05) is 12.6 Å². The van der Waals surface area contributed by atoms with Gasteiger partial charge in [0.1, 0.15) is 6.04 Å². The summed E-state index contributed by atoms with van der Waals surface area (Å²) < 4.78 is 0. The number of carbonyl (C=O) groups excluding carboxylic acids is 1. The number of carboxylic acids is 1. The van der Waals surface area contributed by atoms with Crippen LogP contribution in [-0.4, -0.2) is 52.3 Å². The second-order valence-corrected chi connectivity index (χ2v) is 3.52. The molecule has 0 aliphatic heterocycles. The minimum Gasteiger partial charge on any atom is -0.480 e. The molecule has 6 heteroatoms. The number of hydrogen-bond acceptors (Lipinski definition) is 3. The summed E-state index contributed by atoms with van der Waals surface area (Å²) in [5, 5.41) is 19.7. The minimum absolute atomic E-state index is 0.0851. The fourth-order valence-electron chi connectivity index (χ4n) is 1.03. The third-order valence-electron chi connectivity index (χ3n) is 1.94. The van der Waals surface area contributed by atoms with Crippen LogP contribution in [0.2, 0.25) is 0 Å². The van der Waals surface area contributed by atoms with E-state index in [1.807, 2.05) is 0 Å². The van der Waals surface area contributed by atoms with Crippen LogP contribution in [-0.2, 0) is 4.79 Å². The molecule has 0 aromatic carbocycles. The first-order valence-electron chi connectivity index (χ1n) is 4.81.